The first-order valence-corrected chi connectivity index (χ1v) is 7.62. The number of rotatable bonds is 4. The van der Waals surface area contributed by atoms with Crippen molar-refractivity contribution in [2.45, 2.75) is 17.7 Å². The highest BCUT2D eigenvalue weighted by Gasteiger charge is 2.29. The Morgan fingerprint density at radius 3 is 1.52 bits per heavy atom. The molecule has 0 saturated heterocycles. The molecule has 2 aromatic carbocycles. The maximum atomic E-state index is 12.7. The quantitative estimate of drug-likeness (QED) is 0.594. The molecule has 0 amide bonds. The second-order valence-electron chi connectivity index (χ2n) is 4.41. The second-order valence-corrected chi connectivity index (χ2v) is 5.40. The molecule has 0 atom stereocenters. The Kier molecular flexibility index (Phi) is 8.02. The van der Waals surface area contributed by atoms with E-state index < -0.39 is 18.7 Å². The van der Waals surface area contributed by atoms with Crippen LogP contribution < -0.4 is 0 Å². The summed E-state index contributed by atoms with van der Waals surface area (Å²) < 4.78 is 69.1. The van der Waals surface area contributed by atoms with Crippen molar-refractivity contribution >= 4 is 11.8 Å². The summed E-state index contributed by atoms with van der Waals surface area (Å²) in [5.41, 5.74) is 1.19. The summed E-state index contributed by atoms with van der Waals surface area (Å²) in [6, 6.07) is 11.4. The van der Waals surface area contributed by atoms with Gasteiger partial charge in [-0.1, -0.05) is 24.3 Å². The summed E-state index contributed by atoms with van der Waals surface area (Å²) in [4.78, 5) is 0. The maximum Gasteiger partial charge on any atom is 0.416 e. The number of alkyl halides is 5. The first-order chi connectivity index (χ1) is 10.9. The van der Waals surface area contributed by atoms with Crippen LogP contribution in [0.2, 0.25) is 0 Å². The predicted molar refractivity (Wildman–Crippen MR) is 79.9 cm³/mol. The average molecular weight is 352 g/mol. The summed E-state index contributed by atoms with van der Waals surface area (Å²) in [5.74, 6) is 1.04. The molecular formula is C16H14F6S. The van der Waals surface area contributed by atoms with Crippen molar-refractivity contribution in [1.29, 1.82) is 0 Å². The highest BCUT2D eigenvalue weighted by molar-refractivity contribution is 7.97. The van der Waals surface area contributed by atoms with Crippen molar-refractivity contribution in [3.63, 3.8) is 0 Å². The van der Waals surface area contributed by atoms with Gasteiger partial charge in [-0.2, -0.15) is 24.9 Å². The fourth-order valence-electron chi connectivity index (χ4n) is 1.66. The zero-order chi connectivity index (χ0) is 17.3. The predicted octanol–water partition coefficient (Wildman–Crippen LogP) is 6.16. The first kappa shape index (κ1) is 19.4. The Morgan fingerprint density at radius 2 is 1.13 bits per heavy atom. The van der Waals surface area contributed by atoms with Crippen LogP contribution in [0.15, 0.2) is 48.5 Å². The van der Waals surface area contributed by atoms with Crippen LogP contribution in [0.4, 0.5) is 26.3 Å². The van der Waals surface area contributed by atoms with Crippen molar-refractivity contribution in [3.05, 3.63) is 71.0 Å². The van der Waals surface area contributed by atoms with Crippen LogP contribution in [-0.2, 0) is 17.7 Å². The topological polar surface area (TPSA) is 0 Å². The molecule has 0 heterocycles. The Labute approximate surface area is 134 Å². The van der Waals surface area contributed by atoms with E-state index in [9.17, 15) is 26.3 Å². The molecule has 2 rings (SSSR count). The third-order valence-corrected chi connectivity index (χ3v) is 3.81. The highest BCUT2D eigenvalue weighted by atomic mass is 32.2. The molecule has 0 aliphatic heterocycles. The Bertz CT molecular complexity index is 563. The normalized spacial score (nSPS) is 10.9. The average Bonchev–Trinajstić information content (AvgIpc) is 2.50. The van der Waals surface area contributed by atoms with Crippen molar-refractivity contribution in [3.8, 4) is 0 Å². The Hall–Kier alpha value is -1.63. The number of hydrogen-bond donors (Lipinski definition) is 0. The minimum Gasteiger partial charge on any atom is -0.214 e. The molecule has 0 fully saturated rings. The molecule has 2 aromatic rings. The van der Waals surface area contributed by atoms with Gasteiger partial charge in [-0.25, -0.2) is 13.2 Å². The van der Waals surface area contributed by atoms with Crippen LogP contribution in [-0.4, -0.2) is 6.93 Å². The molecule has 0 radical (unpaired) electrons. The zero-order valence-corrected chi connectivity index (χ0v) is 12.7. The summed E-state index contributed by atoms with van der Waals surface area (Å²) in [7, 11) is 0. The maximum absolute atomic E-state index is 12.7. The first-order valence-electron chi connectivity index (χ1n) is 6.47. The monoisotopic (exact) mass is 352 g/mol. The van der Waals surface area contributed by atoms with Crippen LogP contribution in [0.5, 0.6) is 0 Å². The van der Waals surface area contributed by atoms with E-state index in [4.69, 9.17) is 0 Å². The molecule has 0 bridgehead atoms. The minimum atomic E-state index is -4.29. The summed E-state index contributed by atoms with van der Waals surface area (Å²) in [6.45, 7) is -1.75. The smallest absolute Gasteiger partial charge is 0.214 e. The van der Waals surface area contributed by atoms with Crippen LogP contribution in [0.25, 0.3) is 0 Å². The van der Waals surface area contributed by atoms with E-state index >= 15 is 0 Å². The summed E-state index contributed by atoms with van der Waals surface area (Å²) >= 11 is 1.57. The third kappa shape index (κ3) is 7.45. The van der Waals surface area contributed by atoms with Crippen LogP contribution in [0, 0.1) is 5.82 Å². The van der Waals surface area contributed by atoms with Crippen molar-refractivity contribution < 1.29 is 26.3 Å². The van der Waals surface area contributed by atoms with Crippen molar-refractivity contribution in [2.24, 2.45) is 0 Å². The molecule has 0 unspecified atom stereocenters. The van der Waals surface area contributed by atoms with Gasteiger partial charge in [0.2, 0.25) is 6.93 Å². The van der Waals surface area contributed by atoms with Crippen LogP contribution in [0.1, 0.15) is 16.7 Å². The van der Waals surface area contributed by atoms with Gasteiger partial charge in [0, 0.05) is 11.5 Å². The summed E-state index contributed by atoms with van der Waals surface area (Å²) in [6.07, 6.45) is -4.29. The molecule has 0 aliphatic carbocycles. The van der Waals surface area contributed by atoms with Gasteiger partial charge in [0.25, 0.3) is 0 Å². The Balaban J connectivity index is 0.000000816. The van der Waals surface area contributed by atoms with Gasteiger partial charge in [-0.15, -0.1) is 0 Å². The molecular weight excluding hydrogens is 338 g/mol. The molecule has 0 nitrogen and oxygen atoms in total. The second kappa shape index (κ2) is 9.50. The number of hydrogen-bond acceptors (Lipinski definition) is 1. The van der Waals surface area contributed by atoms with E-state index in [1.807, 2.05) is 0 Å². The van der Waals surface area contributed by atoms with Crippen LogP contribution >= 0.6 is 11.8 Å². The largest absolute Gasteiger partial charge is 0.416 e. The molecule has 0 aliphatic rings. The standard InChI is InChI=1S/C15H12F4S.CH2F2/c16-14-7-3-12(4-8-14)10-20-9-11-1-5-13(6-2-11)15(17,18)19;2-1-3/h1-8H,9-10H2;1H2. The van der Waals surface area contributed by atoms with Crippen LogP contribution in [0.3, 0.4) is 0 Å². The molecule has 0 aromatic heterocycles. The fourth-order valence-corrected chi connectivity index (χ4v) is 2.62. The van der Waals surface area contributed by atoms with Gasteiger partial charge in [0.1, 0.15) is 5.82 Å². The Morgan fingerprint density at radius 1 is 0.739 bits per heavy atom. The van der Waals surface area contributed by atoms with Gasteiger partial charge in [-0.3, -0.25) is 0 Å². The van der Waals surface area contributed by atoms with E-state index in [-0.39, 0.29) is 5.82 Å². The molecule has 0 spiro atoms. The minimum absolute atomic E-state index is 0.276. The lowest BCUT2D eigenvalue weighted by Crippen LogP contribution is -2.04. The van der Waals surface area contributed by atoms with E-state index in [0.29, 0.717) is 11.5 Å². The van der Waals surface area contributed by atoms with Gasteiger partial charge < -0.3 is 0 Å². The number of benzene rings is 2. The number of thioether (sulfide) groups is 1. The van der Waals surface area contributed by atoms with Gasteiger partial charge in [-0.05, 0) is 35.4 Å². The van der Waals surface area contributed by atoms with E-state index in [0.717, 1.165) is 23.3 Å². The molecule has 7 heteroatoms. The summed E-state index contributed by atoms with van der Waals surface area (Å²) in [5, 5.41) is 0. The SMILES string of the molecule is FCF.Fc1ccc(CSCc2ccc(C(F)(F)F)cc2)cc1. The van der Waals surface area contributed by atoms with Gasteiger partial charge >= 0.3 is 6.18 Å². The van der Waals surface area contributed by atoms with Crippen molar-refractivity contribution in [1.82, 2.24) is 0 Å². The van der Waals surface area contributed by atoms with Gasteiger partial charge in [0.15, 0.2) is 0 Å². The molecule has 126 valence electrons. The van der Waals surface area contributed by atoms with E-state index in [1.54, 1.807) is 23.9 Å². The fraction of sp³-hybridized carbons (Fsp3) is 0.250. The molecule has 0 N–H and O–H groups in total. The van der Waals surface area contributed by atoms with E-state index in [1.165, 1.54) is 24.3 Å². The highest BCUT2D eigenvalue weighted by Crippen LogP contribution is 2.29. The van der Waals surface area contributed by atoms with Gasteiger partial charge in [0.05, 0.1) is 5.56 Å². The molecule has 23 heavy (non-hydrogen) atoms. The lowest BCUT2D eigenvalue weighted by molar-refractivity contribution is -0.137. The lowest BCUT2D eigenvalue weighted by atomic mass is 10.1. The lowest BCUT2D eigenvalue weighted by Gasteiger charge is -2.07. The van der Waals surface area contributed by atoms with E-state index in [2.05, 4.69) is 0 Å². The van der Waals surface area contributed by atoms with Crippen molar-refractivity contribution in [2.75, 3.05) is 6.93 Å². The molecule has 0 saturated carbocycles. The number of halogens is 6. The zero-order valence-electron chi connectivity index (χ0n) is 11.9. The third-order valence-electron chi connectivity index (χ3n) is 2.73.